The van der Waals surface area contributed by atoms with Crippen LogP contribution in [0.25, 0.3) is 0 Å². The highest BCUT2D eigenvalue weighted by molar-refractivity contribution is 5.96. The van der Waals surface area contributed by atoms with Gasteiger partial charge in [0.25, 0.3) is 0 Å². The SMILES string of the molecule is COc1ccc(C(=O)CC(C)CCc2ccccc2)cc1C. The van der Waals surface area contributed by atoms with Crippen LogP contribution in [0.15, 0.2) is 48.5 Å². The van der Waals surface area contributed by atoms with E-state index in [0.717, 1.165) is 29.7 Å². The molecular weight excluding hydrogens is 272 g/mol. The second-order valence-corrected chi connectivity index (χ2v) is 5.94. The zero-order valence-electron chi connectivity index (χ0n) is 13.6. The second kappa shape index (κ2) is 7.79. The van der Waals surface area contributed by atoms with Gasteiger partial charge in [0, 0.05) is 12.0 Å². The first-order valence-corrected chi connectivity index (χ1v) is 7.82. The van der Waals surface area contributed by atoms with Crippen LogP contribution in [0.3, 0.4) is 0 Å². The van der Waals surface area contributed by atoms with Gasteiger partial charge in [-0.05, 0) is 55.0 Å². The normalized spacial score (nSPS) is 12.0. The molecule has 1 atom stereocenters. The van der Waals surface area contributed by atoms with Crippen molar-refractivity contribution in [3.8, 4) is 5.75 Å². The van der Waals surface area contributed by atoms with Gasteiger partial charge in [0.2, 0.25) is 0 Å². The fourth-order valence-corrected chi connectivity index (χ4v) is 2.65. The van der Waals surface area contributed by atoms with Crippen molar-refractivity contribution in [1.82, 2.24) is 0 Å². The van der Waals surface area contributed by atoms with Crippen LogP contribution < -0.4 is 4.74 Å². The van der Waals surface area contributed by atoms with Gasteiger partial charge in [-0.25, -0.2) is 0 Å². The molecule has 0 aromatic heterocycles. The quantitative estimate of drug-likeness (QED) is 0.683. The highest BCUT2D eigenvalue weighted by Crippen LogP contribution is 2.21. The third-order valence-corrected chi connectivity index (χ3v) is 4.02. The number of rotatable bonds is 7. The first-order valence-electron chi connectivity index (χ1n) is 7.82. The molecule has 0 N–H and O–H groups in total. The number of methoxy groups -OCH3 is 1. The smallest absolute Gasteiger partial charge is 0.163 e. The van der Waals surface area contributed by atoms with Gasteiger partial charge in [-0.3, -0.25) is 4.79 Å². The first-order chi connectivity index (χ1) is 10.6. The third-order valence-electron chi connectivity index (χ3n) is 4.02. The molecule has 0 aliphatic carbocycles. The molecule has 0 aliphatic rings. The maximum absolute atomic E-state index is 12.4. The van der Waals surface area contributed by atoms with E-state index in [4.69, 9.17) is 4.74 Å². The van der Waals surface area contributed by atoms with E-state index in [1.807, 2.05) is 31.2 Å². The van der Waals surface area contributed by atoms with Crippen LogP contribution in [0.1, 0.15) is 41.3 Å². The minimum Gasteiger partial charge on any atom is -0.496 e. The van der Waals surface area contributed by atoms with Crippen LogP contribution >= 0.6 is 0 Å². The van der Waals surface area contributed by atoms with Crippen LogP contribution in [0.2, 0.25) is 0 Å². The summed E-state index contributed by atoms with van der Waals surface area (Å²) in [6, 6.07) is 16.1. The van der Waals surface area contributed by atoms with Gasteiger partial charge in [0.15, 0.2) is 5.78 Å². The number of benzene rings is 2. The lowest BCUT2D eigenvalue weighted by atomic mass is 9.93. The van der Waals surface area contributed by atoms with Crippen LogP contribution in [-0.2, 0) is 6.42 Å². The Hall–Kier alpha value is -2.09. The standard InChI is InChI=1S/C20H24O2/c1-15(9-10-17-7-5-4-6-8-17)13-19(21)18-11-12-20(22-3)16(2)14-18/h4-8,11-12,14-15H,9-10,13H2,1-3H3. The summed E-state index contributed by atoms with van der Waals surface area (Å²) in [4.78, 5) is 12.4. The minimum atomic E-state index is 0.214. The largest absolute Gasteiger partial charge is 0.496 e. The summed E-state index contributed by atoms with van der Waals surface area (Å²) in [5.74, 6) is 1.43. The molecule has 0 radical (unpaired) electrons. The Labute approximate surface area is 133 Å². The van der Waals surface area contributed by atoms with Crippen molar-refractivity contribution in [2.24, 2.45) is 5.92 Å². The lowest BCUT2D eigenvalue weighted by molar-refractivity contribution is 0.0962. The molecule has 0 aliphatic heterocycles. The van der Waals surface area contributed by atoms with Crippen LogP contribution in [0.5, 0.6) is 5.75 Å². The summed E-state index contributed by atoms with van der Waals surface area (Å²) >= 11 is 0. The molecule has 1 unspecified atom stereocenters. The minimum absolute atomic E-state index is 0.214. The molecule has 2 heteroatoms. The Morgan fingerprint density at radius 3 is 2.50 bits per heavy atom. The molecule has 2 aromatic carbocycles. The monoisotopic (exact) mass is 296 g/mol. The van der Waals surface area contributed by atoms with Gasteiger partial charge < -0.3 is 4.74 Å². The van der Waals surface area contributed by atoms with Crippen molar-refractivity contribution in [2.75, 3.05) is 7.11 Å². The molecule has 0 amide bonds. The van der Waals surface area contributed by atoms with E-state index in [9.17, 15) is 4.79 Å². The Balaban J connectivity index is 1.89. The Morgan fingerprint density at radius 1 is 1.14 bits per heavy atom. The fourth-order valence-electron chi connectivity index (χ4n) is 2.65. The molecule has 0 saturated carbocycles. The van der Waals surface area contributed by atoms with E-state index in [1.165, 1.54) is 5.56 Å². The van der Waals surface area contributed by atoms with Crippen LogP contribution in [0, 0.1) is 12.8 Å². The van der Waals surface area contributed by atoms with E-state index >= 15 is 0 Å². The average Bonchev–Trinajstić information content (AvgIpc) is 2.53. The molecule has 2 nitrogen and oxygen atoms in total. The van der Waals surface area contributed by atoms with E-state index in [1.54, 1.807) is 7.11 Å². The average molecular weight is 296 g/mol. The summed E-state index contributed by atoms with van der Waals surface area (Å²) in [5.41, 5.74) is 3.12. The second-order valence-electron chi connectivity index (χ2n) is 5.94. The Bertz CT molecular complexity index is 617. The summed E-state index contributed by atoms with van der Waals surface area (Å²) in [5, 5.41) is 0. The van der Waals surface area contributed by atoms with E-state index in [-0.39, 0.29) is 5.78 Å². The highest BCUT2D eigenvalue weighted by Gasteiger charge is 2.12. The predicted octanol–water partition coefficient (Wildman–Crippen LogP) is 4.85. The Kier molecular flexibility index (Phi) is 5.76. The zero-order valence-corrected chi connectivity index (χ0v) is 13.6. The number of aryl methyl sites for hydroxylation is 2. The lowest BCUT2D eigenvalue weighted by Crippen LogP contribution is -2.07. The van der Waals surface area contributed by atoms with Crippen LogP contribution in [-0.4, -0.2) is 12.9 Å². The fraction of sp³-hybridized carbons (Fsp3) is 0.350. The van der Waals surface area contributed by atoms with Crippen molar-refractivity contribution in [1.29, 1.82) is 0 Å². The molecule has 0 fully saturated rings. The van der Waals surface area contributed by atoms with Gasteiger partial charge in [-0.2, -0.15) is 0 Å². The summed E-state index contributed by atoms with van der Waals surface area (Å²) in [7, 11) is 1.65. The maximum atomic E-state index is 12.4. The van der Waals surface area contributed by atoms with Gasteiger partial charge >= 0.3 is 0 Å². The molecule has 2 aromatic rings. The van der Waals surface area contributed by atoms with Crippen molar-refractivity contribution >= 4 is 5.78 Å². The number of hydrogen-bond acceptors (Lipinski definition) is 2. The number of carbonyl (C=O) groups is 1. The van der Waals surface area contributed by atoms with Crippen molar-refractivity contribution < 1.29 is 9.53 Å². The molecule has 2 rings (SSSR count). The first kappa shape index (κ1) is 16.3. The third kappa shape index (κ3) is 4.45. The molecule has 0 heterocycles. The molecule has 22 heavy (non-hydrogen) atoms. The summed E-state index contributed by atoms with van der Waals surface area (Å²) in [6.45, 7) is 4.12. The number of ether oxygens (including phenoxy) is 1. The van der Waals surface area contributed by atoms with Crippen molar-refractivity contribution in [2.45, 2.75) is 33.1 Å². The van der Waals surface area contributed by atoms with E-state index in [2.05, 4.69) is 31.2 Å². The Morgan fingerprint density at radius 2 is 1.86 bits per heavy atom. The number of Topliss-reactive ketones (excluding diaryl/α,β-unsaturated/α-hetero) is 1. The molecule has 116 valence electrons. The van der Waals surface area contributed by atoms with Gasteiger partial charge in [-0.15, -0.1) is 0 Å². The molecule has 0 bridgehead atoms. The highest BCUT2D eigenvalue weighted by atomic mass is 16.5. The van der Waals surface area contributed by atoms with E-state index < -0.39 is 0 Å². The summed E-state index contributed by atoms with van der Waals surface area (Å²) in [6.07, 6.45) is 2.65. The van der Waals surface area contributed by atoms with Crippen molar-refractivity contribution in [3.63, 3.8) is 0 Å². The van der Waals surface area contributed by atoms with Gasteiger partial charge in [0.1, 0.15) is 5.75 Å². The van der Waals surface area contributed by atoms with Crippen LogP contribution in [0.4, 0.5) is 0 Å². The van der Waals surface area contributed by atoms with E-state index in [0.29, 0.717) is 12.3 Å². The predicted molar refractivity (Wildman–Crippen MR) is 90.6 cm³/mol. The van der Waals surface area contributed by atoms with Crippen molar-refractivity contribution in [3.05, 3.63) is 65.2 Å². The van der Waals surface area contributed by atoms with Gasteiger partial charge in [-0.1, -0.05) is 37.3 Å². The van der Waals surface area contributed by atoms with Gasteiger partial charge in [0.05, 0.1) is 7.11 Å². The summed E-state index contributed by atoms with van der Waals surface area (Å²) < 4.78 is 5.24. The maximum Gasteiger partial charge on any atom is 0.163 e. The molecule has 0 saturated heterocycles. The zero-order chi connectivity index (χ0) is 15.9. The lowest BCUT2D eigenvalue weighted by Gasteiger charge is -2.12. The number of carbonyl (C=O) groups excluding carboxylic acids is 1. The number of ketones is 1. The number of hydrogen-bond donors (Lipinski definition) is 0. The molecule has 0 spiro atoms. The molecular formula is C20H24O2. The topological polar surface area (TPSA) is 26.3 Å².